The summed E-state index contributed by atoms with van der Waals surface area (Å²) in [5, 5.41) is 3.23. The van der Waals surface area contributed by atoms with Gasteiger partial charge in [-0.05, 0) is 53.0 Å². The highest BCUT2D eigenvalue weighted by atomic mass is 28.3. The van der Waals surface area contributed by atoms with E-state index in [0.717, 1.165) is 12.8 Å². The molecule has 0 bridgehead atoms. The van der Waals surface area contributed by atoms with Gasteiger partial charge in [0.05, 0.1) is 16.1 Å². The Labute approximate surface area is 187 Å². The molecule has 0 saturated carbocycles. The maximum absolute atomic E-state index is 2.56. The second kappa shape index (κ2) is 8.63. The van der Waals surface area contributed by atoms with Crippen molar-refractivity contribution in [1.29, 1.82) is 0 Å². The van der Waals surface area contributed by atoms with E-state index in [1.54, 1.807) is 15.9 Å². The first-order valence-electron chi connectivity index (χ1n) is 12.0. The predicted molar refractivity (Wildman–Crippen MR) is 143 cm³/mol. The molecule has 0 aromatic heterocycles. The molecule has 2 heteroatoms. The molecule has 0 N–H and O–H groups in total. The van der Waals surface area contributed by atoms with Crippen molar-refractivity contribution in [2.24, 2.45) is 5.92 Å². The largest absolute Gasteiger partial charge is 0.0776 e. The molecule has 162 valence electrons. The second-order valence-corrected chi connectivity index (χ2v) is 21.6. The lowest BCUT2D eigenvalue weighted by molar-refractivity contribution is 0.647. The first-order chi connectivity index (χ1) is 14.0. The molecule has 1 unspecified atom stereocenters. The summed E-state index contributed by atoms with van der Waals surface area (Å²) in [4.78, 5) is 0. The van der Waals surface area contributed by atoms with Crippen LogP contribution < -0.4 is 10.4 Å². The lowest BCUT2D eigenvalue weighted by atomic mass is 9.90. The van der Waals surface area contributed by atoms with E-state index in [1.807, 2.05) is 0 Å². The van der Waals surface area contributed by atoms with Crippen LogP contribution in [0.5, 0.6) is 0 Å². The standard InChI is InChI=1S/C28H42Si2/c1-10-12-21-13-14-22-15-23(20(3)11-2)18-27(22)28(21)24-16-25(29(4,5)6)19-26(17-24)30(7,8)9/h13-14,16-20H,10-12,15H2,1-9H3. The van der Waals surface area contributed by atoms with Gasteiger partial charge in [-0.2, -0.15) is 0 Å². The number of hydrogen-bond donors (Lipinski definition) is 0. The fraction of sp³-hybridized carbons (Fsp3) is 0.500. The van der Waals surface area contributed by atoms with E-state index in [0.29, 0.717) is 5.92 Å². The highest BCUT2D eigenvalue weighted by Gasteiger charge is 2.26. The number of benzene rings is 2. The van der Waals surface area contributed by atoms with Gasteiger partial charge in [0.15, 0.2) is 0 Å². The third kappa shape index (κ3) is 4.75. The zero-order chi connectivity index (χ0) is 22.3. The van der Waals surface area contributed by atoms with Crippen LogP contribution in [0.1, 0.15) is 50.3 Å². The molecule has 0 fully saturated rings. The van der Waals surface area contributed by atoms with Crippen LogP contribution in [-0.2, 0) is 12.8 Å². The zero-order valence-electron chi connectivity index (χ0n) is 20.9. The third-order valence-corrected chi connectivity index (χ3v) is 10.9. The molecule has 30 heavy (non-hydrogen) atoms. The van der Waals surface area contributed by atoms with E-state index in [9.17, 15) is 0 Å². The van der Waals surface area contributed by atoms with Crippen molar-refractivity contribution >= 4 is 32.6 Å². The fourth-order valence-electron chi connectivity index (χ4n) is 4.52. The predicted octanol–water partition coefficient (Wildman–Crippen LogP) is 7.38. The number of rotatable bonds is 7. The van der Waals surface area contributed by atoms with E-state index in [-0.39, 0.29) is 0 Å². The van der Waals surface area contributed by atoms with Crippen molar-refractivity contribution in [3.05, 3.63) is 52.6 Å². The third-order valence-electron chi connectivity index (χ3n) is 6.86. The van der Waals surface area contributed by atoms with Crippen LogP contribution in [0.25, 0.3) is 17.2 Å². The van der Waals surface area contributed by atoms with Gasteiger partial charge in [-0.3, -0.25) is 0 Å². The average molecular weight is 435 g/mol. The van der Waals surface area contributed by atoms with Gasteiger partial charge in [0.1, 0.15) is 0 Å². The molecule has 2 aromatic rings. The van der Waals surface area contributed by atoms with Crippen LogP contribution in [0.15, 0.2) is 35.9 Å². The van der Waals surface area contributed by atoms with E-state index in [2.05, 4.69) is 96.5 Å². The van der Waals surface area contributed by atoms with Crippen LogP contribution in [0.2, 0.25) is 39.3 Å². The molecule has 3 rings (SSSR count). The van der Waals surface area contributed by atoms with Crippen molar-refractivity contribution < 1.29 is 0 Å². The lowest BCUT2D eigenvalue weighted by Gasteiger charge is -2.25. The van der Waals surface area contributed by atoms with Gasteiger partial charge in [-0.25, -0.2) is 0 Å². The Balaban J connectivity index is 2.30. The molecule has 1 aliphatic rings. The summed E-state index contributed by atoms with van der Waals surface area (Å²) < 4.78 is 0. The molecular formula is C28H42Si2. The molecule has 0 aliphatic heterocycles. The van der Waals surface area contributed by atoms with Gasteiger partial charge < -0.3 is 0 Å². The van der Waals surface area contributed by atoms with Crippen molar-refractivity contribution in [2.75, 3.05) is 0 Å². The zero-order valence-corrected chi connectivity index (χ0v) is 22.9. The van der Waals surface area contributed by atoms with Crippen LogP contribution in [0.3, 0.4) is 0 Å². The summed E-state index contributed by atoms with van der Waals surface area (Å²) in [6, 6.07) is 12.5. The Morgan fingerprint density at radius 2 is 1.47 bits per heavy atom. The van der Waals surface area contributed by atoms with Crippen LogP contribution >= 0.6 is 0 Å². The van der Waals surface area contributed by atoms with Gasteiger partial charge in [0.25, 0.3) is 0 Å². The van der Waals surface area contributed by atoms with Crippen molar-refractivity contribution in [3.63, 3.8) is 0 Å². The molecule has 0 heterocycles. The lowest BCUT2D eigenvalue weighted by Crippen LogP contribution is -2.45. The number of aryl methyl sites for hydroxylation is 1. The molecule has 0 spiro atoms. The summed E-state index contributed by atoms with van der Waals surface area (Å²) in [7, 11) is -2.80. The first kappa shape index (κ1) is 23.3. The summed E-state index contributed by atoms with van der Waals surface area (Å²) in [5.74, 6) is 0.672. The quantitative estimate of drug-likeness (QED) is 0.399. The minimum atomic E-state index is -1.40. The second-order valence-electron chi connectivity index (χ2n) is 11.4. The molecule has 0 saturated heterocycles. The summed E-state index contributed by atoms with van der Waals surface area (Å²) in [6.07, 6.45) is 7.27. The Morgan fingerprint density at radius 3 is 1.97 bits per heavy atom. The minimum absolute atomic E-state index is 0.672. The minimum Gasteiger partial charge on any atom is -0.0656 e. The van der Waals surface area contributed by atoms with Crippen LogP contribution in [0, 0.1) is 5.92 Å². The molecule has 0 radical (unpaired) electrons. The van der Waals surface area contributed by atoms with Gasteiger partial charge in [-0.1, -0.05) is 119 Å². The van der Waals surface area contributed by atoms with Gasteiger partial charge >= 0.3 is 0 Å². The number of hydrogen-bond acceptors (Lipinski definition) is 0. The number of fused-ring (bicyclic) bond motifs is 1. The normalized spacial score (nSPS) is 15.2. The molecular weight excluding hydrogens is 392 g/mol. The van der Waals surface area contributed by atoms with Gasteiger partial charge in [0, 0.05) is 0 Å². The maximum Gasteiger partial charge on any atom is 0.0776 e. The Morgan fingerprint density at radius 1 is 0.867 bits per heavy atom. The van der Waals surface area contributed by atoms with E-state index >= 15 is 0 Å². The first-order valence-corrected chi connectivity index (χ1v) is 19.0. The summed E-state index contributed by atoms with van der Waals surface area (Å²) in [6.45, 7) is 21.9. The highest BCUT2D eigenvalue weighted by Crippen LogP contribution is 2.39. The van der Waals surface area contributed by atoms with E-state index in [1.165, 1.54) is 40.7 Å². The van der Waals surface area contributed by atoms with Crippen LogP contribution in [-0.4, -0.2) is 16.1 Å². The Bertz CT molecular complexity index is 920. The monoisotopic (exact) mass is 434 g/mol. The van der Waals surface area contributed by atoms with Gasteiger partial charge in [0.2, 0.25) is 0 Å². The van der Waals surface area contributed by atoms with Crippen LogP contribution in [0.4, 0.5) is 0 Å². The summed E-state index contributed by atoms with van der Waals surface area (Å²) >= 11 is 0. The van der Waals surface area contributed by atoms with Gasteiger partial charge in [-0.15, -0.1) is 0 Å². The maximum atomic E-state index is 2.56. The molecule has 0 amide bonds. The molecule has 1 aliphatic carbocycles. The molecule has 1 atom stereocenters. The van der Waals surface area contributed by atoms with E-state index < -0.39 is 16.1 Å². The van der Waals surface area contributed by atoms with E-state index in [4.69, 9.17) is 0 Å². The van der Waals surface area contributed by atoms with Crippen molar-refractivity contribution in [3.8, 4) is 11.1 Å². The SMILES string of the molecule is CCCc1ccc2c(c1-c1cc([Si](C)(C)C)cc([Si](C)(C)C)c1)C=C(C(C)CC)C2. The highest BCUT2D eigenvalue weighted by molar-refractivity contribution is 6.91. The van der Waals surface area contributed by atoms with Crippen molar-refractivity contribution in [1.82, 2.24) is 0 Å². The smallest absolute Gasteiger partial charge is 0.0656 e. The number of allylic oxidation sites excluding steroid dienone is 1. The van der Waals surface area contributed by atoms with Crippen molar-refractivity contribution in [2.45, 2.75) is 85.7 Å². The summed E-state index contributed by atoms with van der Waals surface area (Å²) in [5.41, 5.74) is 9.22. The molecule has 0 nitrogen and oxygen atoms in total. The topological polar surface area (TPSA) is 0 Å². The Hall–Kier alpha value is -1.39. The fourth-order valence-corrected chi connectivity index (χ4v) is 7.02. The molecule has 2 aromatic carbocycles. The average Bonchev–Trinajstić information content (AvgIpc) is 3.10. The Kier molecular flexibility index (Phi) is 6.69.